The summed E-state index contributed by atoms with van der Waals surface area (Å²) < 4.78 is 32.6. The Bertz CT molecular complexity index is 616. The number of morpholine rings is 1. The number of nitrogens with two attached hydrogens (primary N) is 1. The molecule has 0 spiro atoms. The summed E-state index contributed by atoms with van der Waals surface area (Å²) in [5.41, 5.74) is 6.01. The molecule has 110 valence electrons. The average molecular weight is 314 g/mol. The van der Waals surface area contributed by atoms with Crippen molar-refractivity contribution in [3.8, 4) is 0 Å². The Balaban J connectivity index is 2.47. The minimum atomic E-state index is -3.63. The van der Waals surface area contributed by atoms with Crippen LogP contribution in [0.15, 0.2) is 29.2 Å². The summed E-state index contributed by atoms with van der Waals surface area (Å²) in [7, 11) is -3.63. The maximum Gasteiger partial charge on any atom is 0.244 e. The van der Waals surface area contributed by atoms with Crippen LogP contribution in [0.1, 0.15) is 19.4 Å². The highest BCUT2D eigenvalue weighted by molar-refractivity contribution is 7.89. The van der Waals surface area contributed by atoms with Crippen LogP contribution in [0, 0.1) is 0 Å². The molecule has 7 heteroatoms. The van der Waals surface area contributed by atoms with Gasteiger partial charge in [0, 0.05) is 18.2 Å². The van der Waals surface area contributed by atoms with Crippen LogP contribution in [-0.2, 0) is 14.8 Å². The monoisotopic (exact) mass is 314 g/mol. The van der Waals surface area contributed by atoms with E-state index in [4.69, 9.17) is 22.7 Å². The predicted octanol–water partition coefficient (Wildman–Crippen LogP) is 1.12. The van der Waals surface area contributed by atoms with Gasteiger partial charge >= 0.3 is 0 Å². The number of benzene rings is 1. The van der Waals surface area contributed by atoms with Crippen LogP contribution < -0.4 is 5.73 Å². The van der Waals surface area contributed by atoms with Crippen molar-refractivity contribution >= 4 is 27.2 Å². The highest BCUT2D eigenvalue weighted by atomic mass is 32.2. The van der Waals surface area contributed by atoms with Gasteiger partial charge in [-0.25, -0.2) is 8.42 Å². The normalized spacial score (nSPS) is 24.5. The van der Waals surface area contributed by atoms with E-state index in [9.17, 15) is 8.42 Å². The first-order chi connectivity index (χ1) is 9.34. The standard InChI is InChI=1S/C13H18N2O3S2/c1-9-8-18-10(2)7-15(9)20(16,17)12-6-4-3-5-11(12)13(14)19/h3-6,9-10H,7-8H2,1-2H3,(H2,14,19). The minimum absolute atomic E-state index is 0.0816. The van der Waals surface area contributed by atoms with Crippen LogP contribution >= 0.6 is 12.2 Å². The van der Waals surface area contributed by atoms with Crippen LogP contribution in [0.5, 0.6) is 0 Å². The van der Waals surface area contributed by atoms with Gasteiger partial charge in [0.2, 0.25) is 10.0 Å². The summed E-state index contributed by atoms with van der Waals surface area (Å²) in [6.07, 6.45) is -0.127. The molecule has 0 aromatic heterocycles. The van der Waals surface area contributed by atoms with E-state index in [1.165, 1.54) is 10.4 Å². The number of hydrogen-bond donors (Lipinski definition) is 1. The lowest BCUT2D eigenvalue weighted by Gasteiger charge is -2.36. The zero-order chi connectivity index (χ0) is 14.9. The molecule has 1 heterocycles. The van der Waals surface area contributed by atoms with Crippen molar-refractivity contribution in [1.29, 1.82) is 0 Å². The lowest BCUT2D eigenvalue weighted by molar-refractivity contribution is -0.0170. The summed E-state index contributed by atoms with van der Waals surface area (Å²) in [4.78, 5) is 0.242. The van der Waals surface area contributed by atoms with Gasteiger partial charge in [0.15, 0.2) is 0 Å². The van der Waals surface area contributed by atoms with E-state index in [0.29, 0.717) is 18.7 Å². The molecule has 20 heavy (non-hydrogen) atoms. The van der Waals surface area contributed by atoms with Gasteiger partial charge in [-0.3, -0.25) is 0 Å². The van der Waals surface area contributed by atoms with Crippen LogP contribution in [0.2, 0.25) is 0 Å². The highest BCUT2D eigenvalue weighted by Crippen LogP contribution is 2.25. The summed E-state index contributed by atoms with van der Waals surface area (Å²) in [6, 6.07) is 6.35. The van der Waals surface area contributed by atoms with Gasteiger partial charge in [0.05, 0.1) is 17.6 Å². The molecule has 2 N–H and O–H groups in total. The van der Waals surface area contributed by atoms with Gasteiger partial charge < -0.3 is 10.5 Å². The smallest absolute Gasteiger partial charge is 0.244 e. The molecule has 2 atom stereocenters. The summed E-state index contributed by atoms with van der Waals surface area (Å²) in [5, 5.41) is 0. The first kappa shape index (κ1) is 15.4. The minimum Gasteiger partial charge on any atom is -0.389 e. The van der Waals surface area contributed by atoms with Gasteiger partial charge in [-0.15, -0.1) is 0 Å². The molecule has 2 rings (SSSR count). The van der Waals surface area contributed by atoms with Crippen molar-refractivity contribution < 1.29 is 13.2 Å². The molecular formula is C13H18N2O3S2. The number of thiocarbonyl (C=S) groups is 1. The van der Waals surface area contributed by atoms with E-state index in [2.05, 4.69) is 0 Å². The topological polar surface area (TPSA) is 72.6 Å². The maximum absolute atomic E-state index is 12.8. The Morgan fingerprint density at radius 2 is 2.05 bits per heavy atom. The first-order valence-corrected chi connectivity index (χ1v) is 8.21. The number of hydrogen-bond acceptors (Lipinski definition) is 4. The third kappa shape index (κ3) is 2.85. The Kier molecular flexibility index (Phi) is 4.43. The summed E-state index contributed by atoms with van der Waals surface area (Å²) in [5.74, 6) is 0. The molecule has 0 amide bonds. The van der Waals surface area contributed by atoms with Crippen LogP contribution in [0.3, 0.4) is 0 Å². The fourth-order valence-corrected chi connectivity index (χ4v) is 4.37. The molecule has 1 aliphatic heterocycles. The Morgan fingerprint density at radius 3 is 2.70 bits per heavy atom. The molecule has 5 nitrogen and oxygen atoms in total. The van der Waals surface area contributed by atoms with E-state index >= 15 is 0 Å². The largest absolute Gasteiger partial charge is 0.389 e. The second-order valence-electron chi connectivity index (χ2n) is 4.93. The van der Waals surface area contributed by atoms with Gasteiger partial charge in [0.25, 0.3) is 0 Å². The quantitative estimate of drug-likeness (QED) is 0.847. The van der Waals surface area contributed by atoms with Crippen molar-refractivity contribution in [1.82, 2.24) is 4.31 Å². The Morgan fingerprint density at radius 1 is 1.40 bits per heavy atom. The summed E-state index contributed by atoms with van der Waals surface area (Å²) >= 11 is 4.94. The molecule has 1 saturated heterocycles. The number of nitrogens with zero attached hydrogens (tertiary/aromatic N) is 1. The SMILES string of the molecule is CC1CN(S(=O)(=O)c2ccccc2C(N)=S)C(C)CO1. The first-order valence-electron chi connectivity index (χ1n) is 6.36. The second-order valence-corrected chi connectivity index (χ2v) is 7.23. The van der Waals surface area contributed by atoms with E-state index in [-0.39, 0.29) is 22.0 Å². The fraction of sp³-hybridized carbons (Fsp3) is 0.462. The van der Waals surface area contributed by atoms with Gasteiger partial charge in [-0.05, 0) is 19.9 Å². The lowest BCUT2D eigenvalue weighted by Crippen LogP contribution is -2.50. The molecule has 1 aromatic carbocycles. The van der Waals surface area contributed by atoms with E-state index in [1.54, 1.807) is 18.2 Å². The fourth-order valence-electron chi connectivity index (χ4n) is 2.23. The molecule has 0 saturated carbocycles. The Hall–Kier alpha value is -1.02. The summed E-state index contributed by atoms with van der Waals surface area (Å²) in [6.45, 7) is 4.39. The third-order valence-electron chi connectivity index (χ3n) is 3.29. The van der Waals surface area contributed by atoms with Crippen molar-refractivity contribution in [3.05, 3.63) is 29.8 Å². The zero-order valence-electron chi connectivity index (χ0n) is 11.4. The van der Waals surface area contributed by atoms with Crippen molar-refractivity contribution in [2.45, 2.75) is 30.9 Å². The van der Waals surface area contributed by atoms with Crippen LogP contribution in [0.4, 0.5) is 0 Å². The van der Waals surface area contributed by atoms with Crippen LogP contribution in [-0.4, -0.2) is 43.0 Å². The lowest BCUT2D eigenvalue weighted by atomic mass is 10.2. The third-order valence-corrected chi connectivity index (χ3v) is 5.55. The molecule has 1 aliphatic rings. The van der Waals surface area contributed by atoms with Crippen LogP contribution in [0.25, 0.3) is 0 Å². The van der Waals surface area contributed by atoms with Gasteiger partial charge in [-0.2, -0.15) is 4.31 Å². The van der Waals surface area contributed by atoms with Gasteiger partial charge in [-0.1, -0.05) is 30.4 Å². The highest BCUT2D eigenvalue weighted by Gasteiger charge is 2.35. The van der Waals surface area contributed by atoms with E-state index in [1.807, 2.05) is 13.8 Å². The molecule has 2 unspecified atom stereocenters. The number of sulfonamides is 1. The molecule has 0 aliphatic carbocycles. The number of rotatable bonds is 3. The zero-order valence-corrected chi connectivity index (χ0v) is 13.1. The van der Waals surface area contributed by atoms with E-state index < -0.39 is 10.0 Å². The Labute approximate surface area is 124 Å². The maximum atomic E-state index is 12.8. The second kappa shape index (κ2) is 5.77. The molecular weight excluding hydrogens is 296 g/mol. The average Bonchev–Trinajstić information content (AvgIpc) is 2.41. The predicted molar refractivity (Wildman–Crippen MR) is 81.1 cm³/mol. The van der Waals surface area contributed by atoms with Crippen molar-refractivity contribution in [3.63, 3.8) is 0 Å². The van der Waals surface area contributed by atoms with Crippen molar-refractivity contribution in [2.24, 2.45) is 5.73 Å². The van der Waals surface area contributed by atoms with Crippen molar-refractivity contribution in [2.75, 3.05) is 13.2 Å². The molecule has 1 fully saturated rings. The number of ether oxygens (including phenoxy) is 1. The molecule has 1 aromatic rings. The van der Waals surface area contributed by atoms with Gasteiger partial charge in [0.1, 0.15) is 4.99 Å². The van der Waals surface area contributed by atoms with E-state index in [0.717, 1.165) is 0 Å². The molecule has 0 bridgehead atoms. The molecule has 0 radical (unpaired) electrons.